The van der Waals surface area contributed by atoms with Crippen molar-refractivity contribution < 1.29 is 0 Å². The zero-order valence-corrected chi connectivity index (χ0v) is 29.0. The lowest BCUT2D eigenvalue weighted by Gasteiger charge is -2.34. The van der Waals surface area contributed by atoms with Crippen LogP contribution in [-0.4, -0.2) is 17.6 Å². The van der Waals surface area contributed by atoms with Crippen LogP contribution in [0.2, 0.25) is 0 Å². The molecule has 0 aliphatic rings. The number of pyridine rings is 1. The van der Waals surface area contributed by atoms with Crippen molar-refractivity contribution >= 4 is 67.8 Å². The quantitative estimate of drug-likeness (QED) is 0.119. The molecule has 242 valence electrons. The topological polar surface area (TPSA) is 21.1 Å². The van der Waals surface area contributed by atoms with Crippen LogP contribution in [0.5, 0.6) is 0 Å². The highest BCUT2D eigenvalue weighted by molar-refractivity contribution is 7.20. The number of para-hydroxylation sites is 4. The van der Waals surface area contributed by atoms with E-state index >= 15 is 0 Å². The van der Waals surface area contributed by atoms with Gasteiger partial charge in [-0.05, 0) is 75.3 Å². The molecule has 51 heavy (non-hydrogen) atoms. The van der Waals surface area contributed by atoms with Crippen LogP contribution in [0.25, 0.3) is 27.5 Å². The molecule has 0 aliphatic heterocycles. The monoisotopic (exact) mass is 669 g/mol. The summed E-state index contributed by atoms with van der Waals surface area (Å²) in [6, 6.07) is 74.3. The molecule has 0 aliphatic carbocycles. The highest BCUT2D eigenvalue weighted by Crippen LogP contribution is 2.34. The summed E-state index contributed by atoms with van der Waals surface area (Å²) in [5, 5.41) is 7.69. The molecule has 0 saturated heterocycles. The number of hydrogen-bond acceptors (Lipinski definition) is 2. The van der Waals surface area contributed by atoms with Gasteiger partial charge in [-0.25, -0.2) is 4.98 Å². The number of benzene rings is 7. The van der Waals surface area contributed by atoms with E-state index in [1.165, 1.54) is 42.6 Å². The van der Waals surface area contributed by atoms with E-state index in [1.54, 1.807) is 0 Å². The first-order valence-electron chi connectivity index (χ1n) is 17.4. The molecule has 0 amide bonds. The van der Waals surface area contributed by atoms with E-state index in [1.807, 2.05) is 0 Å². The van der Waals surface area contributed by atoms with Crippen LogP contribution in [0.3, 0.4) is 0 Å². The van der Waals surface area contributed by atoms with E-state index in [9.17, 15) is 0 Å². The lowest BCUT2D eigenvalue weighted by atomic mass is 10.1. The molecule has 0 saturated carbocycles. The average molecular weight is 670 g/mol. The molecule has 4 heteroatoms. The summed E-state index contributed by atoms with van der Waals surface area (Å²) < 4.78 is 2.39. The summed E-state index contributed by atoms with van der Waals surface area (Å²) >= 11 is 0. The van der Waals surface area contributed by atoms with Gasteiger partial charge in [0.25, 0.3) is 0 Å². The number of fused-ring (bicyclic) bond motifs is 3. The average Bonchev–Trinajstić information content (AvgIpc) is 3.55. The molecule has 2 heterocycles. The summed E-state index contributed by atoms with van der Waals surface area (Å²) in [4.78, 5) is 7.51. The van der Waals surface area contributed by atoms with E-state index in [2.05, 4.69) is 222 Å². The van der Waals surface area contributed by atoms with Gasteiger partial charge in [0.2, 0.25) is 0 Å². The lowest BCUT2D eigenvalue weighted by molar-refractivity contribution is 1.18. The second kappa shape index (κ2) is 13.1. The Morgan fingerprint density at radius 2 is 0.882 bits per heavy atom. The van der Waals surface area contributed by atoms with Gasteiger partial charge in [-0.3, -0.25) is 4.90 Å². The fourth-order valence-corrected chi connectivity index (χ4v) is 12.4. The number of rotatable bonds is 8. The fraction of sp³-hybridized carbons (Fsp3) is 0. The van der Waals surface area contributed by atoms with Crippen molar-refractivity contribution in [3.8, 4) is 5.69 Å². The number of aromatic nitrogens is 2. The Kier molecular flexibility index (Phi) is 7.84. The first-order chi connectivity index (χ1) is 25.3. The summed E-state index contributed by atoms with van der Waals surface area (Å²) in [5.74, 6) is 0.876. The Labute approximate surface area is 299 Å². The van der Waals surface area contributed by atoms with Crippen LogP contribution in [0.1, 0.15) is 0 Å². The molecular formula is C47H35N3Si. The molecule has 7 aromatic carbocycles. The van der Waals surface area contributed by atoms with Crippen LogP contribution in [-0.2, 0) is 0 Å². The SMILES string of the molecule is c1ccc(N(c2ccccc2)c2ccc([Si](c3ccccc3)(c3ccccc3)c3ccc4c(c3)c3ccccc3n4-c3ccccc3)cn2)cc1. The lowest BCUT2D eigenvalue weighted by Crippen LogP contribution is -2.74. The molecule has 0 atom stereocenters. The van der Waals surface area contributed by atoms with Crippen molar-refractivity contribution in [2.24, 2.45) is 0 Å². The third-order valence-corrected chi connectivity index (χ3v) is 14.7. The molecule has 9 aromatic rings. The molecule has 0 unspecified atom stereocenters. The van der Waals surface area contributed by atoms with Gasteiger partial charge in [-0.1, -0.05) is 152 Å². The molecule has 0 fully saturated rings. The standard InChI is InChI=1S/C47H35N3Si/c1-6-18-36(19-7-1)49(37-20-8-2-9-21-37)47-33-31-42(35-48-47)51(39-24-12-4-13-25-39,40-26-14-5-15-27-40)41-30-32-46-44(34-41)43-28-16-17-29-45(43)50(46)38-22-10-3-11-23-38/h1-35H. The predicted molar refractivity (Wildman–Crippen MR) is 217 cm³/mol. The molecule has 2 aromatic heterocycles. The maximum Gasteiger partial charge on any atom is 0.181 e. The first-order valence-corrected chi connectivity index (χ1v) is 19.4. The Hall–Kier alpha value is -6.49. The van der Waals surface area contributed by atoms with Crippen LogP contribution < -0.4 is 25.6 Å². The minimum atomic E-state index is -2.88. The second-order valence-corrected chi connectivity index (χ2v) is 16.6. The zero-order valence-electron chi connectivity index (χ0n) is 28.0. The van der Waals surface area contributed by atoms with Gasteiger partial charge in [0.15, 0.2) is 8.07 Å². The van der Waals surface area contributed by atoms with Gasteiger partial charge in [-0.2, -0.15) is 0 Å². The van der Waals surface area contributed by atoms with E-state index in [4.69, 9.17) is 4.98 Å². The molecule has 0 N–H and O–H groups in total. The molecule has 3 nitrogen and oxygen atoms in total. The van der Waals surface area contributed by atoms with Crippen molar-refractivity contribution in [2.45, 2.75) is 0 Å². The summed E-state index contributed by atoms with van der Waals surface area (Å²) in [6.07, 6.45) is 2.14. The normalized spacial score (nSPS) is 11.5. The van der Waals surface area contributed by atoms with Crippen molar-refractivity contribution in [1.29, 1.82) is 0 Å². The zero-order chi connectivity index (χ0) is 34.0. The van der Waals surface area contributed by atoms with E-state index in [-0.39, 0.29) is 0 Å². The van der Waals surface area contributed by atoms with Gasteiger partial charge in [-0.15, -0.1) is 0 Å². The molecule has 0 bridgehead atoms. The van der Waals surface area contributed by atoms with Crippen molar-refractivity contribution in [1.82, 2.24) is 9.55 Å². The summed E-state index contributed by atoms with van der Waals surface area (Å²) in [5.41, 5.74) is 5.70. The van der Waals surface area contributed by atoms with Gasteiger partial charge in [0.05, 0.1) is 11.0 Å². The van der Waals surface area contributed by atoms with Crippen LogP contribution in [0.4, 0.5) is 17.2 Å². The third kappa shape index (κ3) is 5.25. The first kappa shape index (κ1) is 30.6. The van der Waals surface area contributed by atoms with E-state index in [0.717, 1.165) is 22.9 Å². The van der Waals surface area contributed by atoms with Crippen molar-refractivity contribution in [3.63, 3.8) is 0 Å². The minimum Gasteiger partial charge on any atom is -0.309 e. The van der Waals surface area contributed by atoms with Gasteiger partial charge < -0.3 is 4.57 Å². The highest BCUT2D eigenvalue weighted by atomic mass is 28.3. The maximum absolute atomic E-state index is 5.29. The van der Waals surface area contributed by atoms with Crippen LogP contribution >= 0.6 is 0 Å². The third-order valence-electron chi connectivity index (χ3n) is 9.97. The van der Waals surface area contributed by atoms with Crippen molar-refractivity contribution in [2.75, 3.05) is 4.90 Å². The molecule has 9 rings (SSSR count). The predicted octanol–water partition coefficient (Wildman–Crippen LogP) is 9.03. The van der Waals surface area contributed by atoms with Gasteiger partial charge in [0.1, 0.15) is 5.82 Å². The second-order valence-electron chi connectivity index (χ2n) is 12.8. The Morgan fingerprint density at radius 3 is 1.45 bits per heavy atom. The number of anilines is 3. The Balaban J connectivity index is 1.30. The van der Waals surface area contributed by atoms with E-state index < -0.39 is 8.07 Å². The summed E-state index contributed by atoms with van der Waals surface area (Å²) in [7, 11) is -2.88. The Bertz CT molecular complexity index is 2470. The molecule has 0 radical (unpaired) electrons. The van der Waals surface area contributed by atoms with Gasteiger partial charge >= 0.3 is 0 Å². The van der Waals surface area contributed by atoms with Gasteiger partial charge in [0, 0.05) is 34.0 Å². The number of nitrogens with zero attached hydrogens (tertiary/aromatic N) is 3. The molecular weight excluding hydrogens is 635 g/mol. The minimum absolute atomic E-state index is 0.876. The van der Waals surface area contributed by atoms with Crippen LogP contribution in [0, 0.1) is 0 Å². The summed E-state index contributed by atoms with van der Waals surface area (Å²) in [6.45, 7) is 0. The highest BCUT2D eigenvalue weighted by Gasteiger charge is 2.42. The largest absolute Gasteiger partial charge is 0.309 e. The van der Waals surface area contributed by atoms with E-state index in [0.29, 0.717) is 0 Å². The van der Waals surface area contributed by atoms with Crippen LogP contribution in [0.15, 0.2) is 212 Å². The van der Waals surface area contributed by atoms with Crippen molar-refractivity contribution in [3.05, 3.63) is 212 Å². The Morgan fingerprint density at radius 1 is 0.392 bits per heavy atom. The fourth-order valence-electron chi connectivity index (χ4n) is 7.75. The molecule has 0 spiro atoms. The number of hydrogen-bond donors (Lipinski definition) is 0. The maximum atomic E-state index is 5.29. The smallest absolute Gasteiger partial charge is 0.181 e.